The zero-order valence-electron chi connectivity index (χ0n) is 16.9. The summed E-state index contributed by atoms with van der Waals surface area (Å²) in [5.74, 6) is -2.92. The predicted octanol–water partition coefficient (Wildman–Crippen LogP) is 1.71. The van der Waals surface area contributed by atoms with Crippen LogP contribution in [0.15, 0.2) is 12.1 Å². The number of aromatic nitrogens is 1. The first-order valence-electron chi connectivity index (χ1n) is 9.33. The number of carbonyl (C=O) groups excluding carboxylic acids is 1. The van der Waals surface area contributed by atoms with Crippen molar-refractivity contribution in [3.63, 3.8) is 0 Å². The molecule has 1 fully saturated rings. The smallest absolute Gasteiger partial charge is 0.444 e. The summed E-state index contributed by atoms with van der Waals surface area (Å²) in [6.45, 7) is 9.12. The van der Waals surface area contributed by atoms with Crippen molar-refractivity contribution in [1.29, 1.82) is 0 Å². The van der Waals surface area contributed by atoms with Crippen LogP contribution in [0.25, 0.3) is 0 Å². The van der Waals surface area contributed by atoms with Gasteiger partial charge in [-0.1, -0.05) is 6.92 Å². The summed E-state index contributed by atoms with van der Waals surface area (Å²) >= 11 is 0. The Morgan fingerprint density at radius 3 is 2.43 bits per heavy atom. The Bertz CT molecular complexity index is 707. The highest BCUT2D eigenvalue weighted by atomic mass is 19.3. The molecule has 28 heavy (non-hydrogen) atoms. The van der Waals surface area contributed by atoms with Crippen molar-refractivity contribution in [2.45, 2.75) is 58.6 Å². The molecule has 156 valence electrons. The molecule has 7 nitrogen and oxygen atoms in total. The molecule has 1 atom stereocenters. The second-order valence-corrected chi connectivity index (χ2v) is 8.08. The van der Waals surface area contributed by atoms with E-state index in [0.29, 0.717) is 26.1 Å². The number of amides is 1. The number of alkyl halides is 2. The molecule has 2 heterocycles. The summed E-state index contributed by atoms with van der Waals surface area (Å²) in [4.78, 5) is 19.9. The summed E-state index contributed by atoms with van der Waals surface area (Å²) in [7, 11) is -1.95. The van der Waals surface area contributed by atoms with Gasteiger partial charge in [-0.05, 0) is 39.3 Å². The lowest BCUT2D eigenvalue weighted by atomic mass is 9.84. The molecule has 0 aromatic carbocycles. The van der Waals surface area contributed by atoms with E-state index in [2.05, 4.69) is 4.98 Å². The minimum absolute atomic E-state index is 0.168. The molecule has 1 aromatic rings. The molecule has 1 aliphatic rings. The van der Waals surface area contributed by atoms with Gasteiger partial charge in [0.1, 0.15) is 11.4 Å². The van der Waals surface area contributed by atoms with Crippen LogP contribution in [-0.2, 0) is 10.7 Å². The first kappa shape index (κ1) is 22.4. The predicted molar refractivity (Wildman–Crippen MR) is 103 cm³/mol. The van der Waals surface area contributed by atoms with Gasteiger partial charge in [-0.3, -0.25) is 0 Å². The number of halogens is 2. The van der Waals surface area contributed by atoms with Crippen molar-refractivity contribution >= 4 is 24.6 Å². The molecule has 1 saturated heterocycles. The monoisotopic (exact) mass is 399 g/mol. The van der Waals surface area contributed by atoms with Gasteiger partial charge in [0.25, 0.3) is 5.92 Å². The third-order valence-corrected chi connectivity index (χ3v) is 4.50. The Morgan fingerprint density at radius 1 is 1.29 bits per heavy atom. The van der Waals surface area contributed by atoms with Crippen molar-refractivity contribution in [2.75, 3.05) is 24.5 Å². The van der Waals surface area contributed by atoms with E-state index in [9.17, 15) is 23.6 Å². The minimum Gasteiger partial charge on any atom is -0.444 e. The largest absolute Gasteiger partial charge is 0.508 e. The third-order valence-electron chi connectivity index (χ3n) is 4.50. The van der Waals surface area contributed by atoms with Crippen molar-refractivity contribution in [3.05, 3.63) is 17.7 Å². The lowest BCUT2D eigenvalue weighted by Crippen LogP contribution is -2.56. The van der Waals surface area contributed by atoms with E-state index in [4.69, 9.17) is 4.74 Å². The zero-order valence-corrected chi connectivity index (χ0v) is 16.9. The molecule has 1 aromatic heterocycles. The van der Waals surface area contributed by atoms with Gasteiger partial charge in [0, 0.05) is 38.2 Å². The highest BCUT2D eigenvalue weighted by Crippen LogP contribution is 2.30. The number of pyridine rings is 1. The Morgan fingerprint density at radius 2 is 1.93 bits per heavy atom. The fraction of sp³-hybridized carbons (Fsp3) is 0.667. The van der Waals surface area contributed by atoms with Crippen LogP contribution in [-0.4, -0.2) is 64.4 Å². The van der Waals surface area contributed by atoms with Crippen LogP contribution < -0.4 is 10.5 Å². The second kappa shape index (κ2) is 8.20. The quantitative estimate of drug-likeness (QED) is 0.750. The van der Waals surface area contributed by atoms with Crippen molar-refractivity contribution in [3.8, 4) is 0 Å². The van der Waals surface area contributed by atoms with Crippen LogP contribution in [0.3, 0.4) is 0 Å². The van der Waals surface area contributed by atoms with Gasteiger partial charge in [-0.15, -0.1) is 0 Å². The second-order valence-electron chi connectivity index (χ2n) is 8.08. The molecule has 0 aliphatic carbocycles. The highest BCUT2D eigenvalue weighted by Gasteiger charge is 2.34. The number of ether oxygens (including phenoxy) is 1. The number of carbonyl (C=O) groups is 1. The molecule has 0 radical (unpaired) electrons. The van der Waals surface area contributed by atoms with Gasteiger partial charge >= 0.3 is 13.2 Å². The SMILES string of the molecule is CCC1CN(C(=O)OC(C)(C)C)CCN1c1cc(C(C)(F)F)cc(B(O)O)n1. The number of piperazine rings is 1. The van der Waals surface area contributed by atoms with Crippen molar-refractivity contribution in [1.82, 2.24) is 9.88 Å². The topological polar surface area (TPSA) is 86.1 Å². The van der Waals surface area contributed by atoms with Crippen LogP contribution in [0.2, 0.25) is 0 Å². The average molecular weight is 399 g/mol. The maximum atomic E-state index is 13.9. The molecule has 1 amide bonds. The minimum atomic E-state index is -3.15. The number of nitrogens with zero attached hydrogens (tertiary/aromatic N) is 3. The summed E-state index contributed by atoms with van der Waals surface area (Å²) < 4.78 is 33.2. The maximum Gasteiger partial charge on any atom is 0.508 e. The lowest BCUT2D eigenvalue weighted by molar-refractivity contribution is 0.0175. The standard InChI is InChI=1S/C18H28BF2N3O4/c1-6-13-11-23(16(25)28-17(2,3)4)7-8-24(13)15-10-12(18(5,20)21)9-14(22-15)19(26)27/h9-10,13,26-27H,6-8,11H2,1-5H3. The molecule has 1 aliphatic heterocycles. The van der Waals surface area contributed by atoms with E-state index >= 15 is 0 Å². The molecule has 1 unspecified atom stereocenters. The Kier molecular flexibility index (Phi) is 6.55. The summed E-state index contributed by atoms with van der Waals surface area (Å²) in [5, 5.41) is 18.9. The van der Waals surface area contributed by atoms with E-state index in [1.165, 1.54) is 6.07 Å². The van der Waals surface area contributed by atoms with E-state index < -0.39 is 24.7 Å². The van der Waals surface area contributed by atoms with E-state index in [1.807, 2.05) is 11.8 Å². The van der Waals surface area contributed by atoms with E-state index in [-0.39, 0.29) is 23.0 Å². The van der Waals surface area contributed by atoms with E-state index in [0.717, 1.165) is 13.0 Å². The van der Waals surface area contributed by atoms with Gasteiger partial charge in [-0.2, -0.15) is 0 Å². The summed E-state index contributed by atoms with van der Waals surface area (Å²) in [6, 6.07) is 2.09. The molecule has 10 heteroatoms. The average Bonchev–Trinajstić information content (AvgIpc) is 2.58. The zero-order chi connectivity index (χ0) is 21.3. The van der Waals surface area contributed by atoms with Gasteiger partial charge in [0.15, 0.2) is 0 Å². The molecular formula is C18H28BF2N3O4. The lowest BCUT2D eigenvalue weighted by Gasteiger charge is -2.42. The first-order chi connectivity index (χ1) is 12.8. The summed E-state index contributed by atoms with van der Waals surface area (Å²) in [5.41, 5.74) is -1.19. The number of anilines is 1. The van der Waals surface area contributed by atoms with Crippen LogP contribution in [0.1, 0.15) is 46.6 Å². The molecule has 0 spiro atoms. The van der Waals surface area contributed by atoms with Gasteiger partial charge in [0.05, 0.1) is 5.59 Å². The summed E-state index contributed by atoms with van der Waals surface area (Å²) in [6.07, 6.45) is 0.226. The van der Waals surface area contributed by atoms with Gasteiger partial charge in [-0.25, -0.2) is 18.6 Å². The fourth-order valence-electron chi connectivity index (χ4n) is 3.07. The molecule has 2 N–H and O–H groups in total. The Balaban J connectivity index is 2.28. The number of hydrogen-bond donors (Lipinski definition) is 2. The Labute approximate surface area is 164 Å². The van der Waals surface area contributed by atoms with Gasteiger partial charge in [0.2, 0.25) is 0 Å². The van der Waals surface area contributed by atoms with Crippen LogP contribution in [0, 0.1) is 0 Å². The molecule has 0 saturated carbocycles. The fourth-order valence-corrected chi connectivity index (χ4v) is 3.07. The molecule has 0 bridgehead atoms. The highest BCUT2D eigenvalue weighted by molar-refractivity contribution is 6.57. The van der Waals surface area contributed by atoms with Gasteiger partial charge < -0.3 is 24.6 Å². The van der Waals surface area contributed by atoms with Crippen LogP contribution >= 0.6 is 0 Å². The molecular weight excluding hydrogens is 371 g/mol. The maximum absolute atomic E-state index is 13.9. The molecule has 2 rings (SSSR count). The normalized spacial score (nSPS) is 18.2. The Hall–Kier alpha value is -1.94. The number of hydrogen-bond acceptors (Lipinski definition) is 6. The van der Waals surface area contributed by atoms with Crippen molar-refractivity contribution in [2.24, 2.45) is 0 Å². The van der Waals surface area contributed by atoms with Crippen LogP contribution in [0.5, 0.6) is 0 Å². The van der Waals surface area contributed by atoms with Crippen molar-refractivity contribution < 1.29 is 28.4 Å². The van der Waals surface area contributed by atoms with E-state index in [1.54, 1.807) is 25.7 Å². The first-order valence-corrected chi connectivity index (χ1v) is 9.33. The number of rotatable bonds is 4. The third kappa shape index (κ3) is 5.54. The van der Waals surface area contributed by atoms with Crippen LogP contribution in [0.4, 0.5) is 19.4 Å².